The van der Waals surface area contributed by atoms with Crippen LogP contribution in [0.1, 0.15) is 12.0 Å². The molecule has 0 aliphatic carbocycles. The van der Waals surface area contributed by atoms with E-state index in [-0.39, 0.29) is 5.91 Å². The van der Waals surface area contributed by atoms with Crippen molar-refractivity contribution in [2.75, 3.05) is 17.2 Å². The molecular weight excluding hydrogens is 234 g/mol. The van der Waals surface area contributed by atoms with E-state index in [1.165, 1.54) is 0 Å². The highest BCUT2D eigenvalue weighted by atomic mass is 16.4. The first kappa shape index (κ1) is 12.4. The number of amides is 1. The molecule has 6 heteroatoms. The minimum absolute atomic E-state index is 0.00458. The van der Waals surface area contributed by atoms with Gasteiger partial charge in [-0.15, -0.1) is 0 Å². The summed E-state index contributed by atoms with van der Waals surface area (Å²) in [7, 11) is 0. The van der Waals surface area contributed by atoms with Gasteiger partial charge in [-0.1, -0.05) is 0 Å². The van der Waals surface area contributed by atoms with Crippen molar-refractivity contribution in [2.24, 2.45) is 5.73 Å². The van der Waals surface area contributed by atoms with Crippen molar-refractivity contribution in [3.8, 4) is 0 Å². The Morgan fingerprint density at radius 2 is 2.33 bits per heavy atom. The molecule has 2 rings (SSSR count). The minimum Gasteiger partial charge on any atom is -0.480 e. The molecule has 0 saturated carbocycles. The molecule has 0 fully saturated rings. The number of fused-ring (bicyclic) bond motifs is 1. The van der Waals surface area contributed by atoms with Gasteiger partial charge in [-0.3, -0.25) is 9.59 Å². The molecule has 1 aliphatic rings. The second-order valence-electron chi connectivity index (χ2n) is 4.26. The Kier molecular flexibility index (Phi) is 3.47. The maximum atomic E-state index is 11.2. The molecule has 0 spiro atoms. The van der Waals surface area contributed by atoms with Crippen LogP contribution < -0.4 is 16.4 Å². The molecule has 1 aromatic rings. The molecule has 96 valence electrons. The Balaban J connectivity index is 1.90. The molecule has 5 N–H and O–H groups in total. The Labute approximate surface area is 104 Å². The topological polar surface area (TPSA) is 104 Å². The first-order chi connectivity index (χ1) is 8.56. The third-order valence-corrected chi connectivity index (χ3v) is 2.83. The van der Waals surface area contributed by atoms with Crippen LogP contribution in [-0.2, 0) is 16.0 Å². The Morgan fingerprint density at radius 3 is 3.06 bits per heavy atom. The zero-order valence-corrected chi connectivity index (χ0v) is 9.77. The average molecular weight is 249 g/mol. The van der Waals surface area contributed by atoms with Gasteiger partial charge < -0.3 is 21.5 Å². The van der Waals surface area contributed by atoms with Crippen LogP contribution >= 0.6 is 0 Å². The molecule has 1 aromatic carbocycles. The van der Waals surface area contributed by atoms with E-state index in [0.717, 1.165) is 16.9 Å². The first-order valence-corrected chi connectivity index (χ1v) is 5.71. The first-order valence-electron chi connectivity index (χ1n) is 5.71. The highest BCUT2D eigenvalue weighted by molar-refractivity contribution is 5.99. The van der Waals surface area contributed by atoms with Crippen LogP contribution in [0.4, 0.5) is 11.4 Å². The van der Waals surface area contributed by atoms with Gasteiger partial charge in [-0.2, -0.15) is 0 Å². The van der Waals surface area contributed by atoms with Crippen molar-refractivity contribution in [1.82, 2.24) is 0 Å². The summed E-state index contributed by atoms with van der Waals surface area (Å²) >= 11 is 0. The molecule has 0 bridgehead atoms. The van der Waals surface area contributed by atoms with Crippen LogP contribution in [0.5, 0.6) is 0 Å². The Bertz CT molecular complexity index is 487. The lowest BCUT2D eigenvalue weighted by Crippen LogP contribution is -2.32. The van der Waals surface area contributed by atoms with E-state index in [2.05, 4.69) is 10.6 Å². The lowest BCUT2D eigenvalue weighted by atomic mass is 10.1. The molecule has 18 heavy (non-hydrogen) atoms. The third-order valence-electron chi connectivity index (χ3n) is 2.83. The minimum atomic E-state index is -0.999. The van der Waals surface area contributed by atoms with Crippen molar-refractivity contribution in [2.45, 2.75) is 18.9 Å². The molecule has 6 nitrogen and oxygen atoms in total. The quantitative estimate of drug-likeness (QED) is 0.604. The maximum absolute atomic E-state index is 11.2. The standard InChI is InChI=1S/C12H15N3O3/c13-9(12(17)18)3-4-14-8-1-2-10-7(5-8)6-11(16)15-10/h1-2,5,9,14H,3-4,6,13H2,(H,15,16)(H,17,18). The molecule has 1 heterocycles. The van der Waals surface area contributed by atoms with Gasteiger partial charge in [0, 0.05) is 17.9 Å². The largest absolute Gasteiger partial charge is 0.480 e. The number of aliphatic carboxylic acids is 1. The molecule has 0 aromatic heterocycles. The number of hydrogen-bond acceptors (Lipinski definition) is 4. The third kappa shape index (κ3) is 2.78. The average Bonchev–Trinajstić information content (AvgIpc) is 2.68. The fraction of sp³-hybridized carbons (Fsp3) is 0.333. The highest BCUT2D eigenvalue weighted by Gasteiger charge is 2.17. The summed E-state index contributed by atoms with van der Waals surface area (Å²) in [4.78, 5) is 21.7. The predicted molar refractivity (Wildman–Crippen MR) is 67.5 cm³/mol. The van der Waals surface area contributed by atoms with Crippen molar-refractivity contribution < 1.29 is 14.7 Å². The molecule has 1 aliphatic heterocycles. The number of carbonyl (C=O) groups excluding carboxylic acids is 1. The highest BCUT2D eigenvalue weighted by Crippen LogP contribution is 2.25. The number of nitrogens with two attached hydrogens (primary N) is 1. The van der Waals surface area contributed by atoms with Gasteiger partial charge >= 0.3 is 5.97 Å². The van der Waals surface area contributed by atoms with E-state index >= 15 is 0 Å². The van der Waals surface area contributed by atoms with Crippen LogP contribution in [0.25, 0.3) is 0 Å². The van der Waals surface area contributed by atoms with E-state index in [9.17, 15) is 9.59 Å². The Morgan fingerprint density at radius 1 is 1.56 bits per heavy atom. The summed E-state index contributed by atoms with van der Waals surface area (Å²) in [5.41, 5.74) is 8.05. The molecule has 1 amide bonds. The van der Waals surface area contributed by atoms with Crippen molar-refractivity contribution in [3.63, 3.8) is 0 Å². The second kappa shape index (κ2) is 5.05. The number of hydrogen-bond donors (Lipinski definition) is 4. The van der Waals surface area contributed by atoms with Crippen molar-refractivity contribution >= 4 is 23.3 Å². The summed E-state index contributed by atoms with van der Waals surface area (Å²) in [6.07, 6.45) is 0.739. The lowest BCUT2D eigenvalue weighted by molar-refractivity contribution is -0.138. The monoisotopic (exact) mass is 249 g/mol. The van der Waals surface area contributed by atoms with E-state index in [0.29, 0.717) is 19.4 Å². The van der Waals surface area contributed by atoms with E-state index < -0.39 is 12.0 Å². The van der Waals surface area contributed by atoms with E-state index in [1.54, 1.807) is 0 Å². The smallest absolute Gasteiger partial charge is 0.320 e. The number of nitrogens with one attached hydrogen (secondary N) is 2. The van der Waals surface area contributed by atoms with Crippen LogP contribution in [0, 0.1) is 0 Å². The van der Waals surface area contributed by atoms with Crippen molar-refractivity contribution in [1.29, 1.82) is 0 Å². The molecule has 0 saturated heterocycles. The van der Waals surface area contributed by atoms with Gasteiger partial charge in [0.25, 0.3) is 0 Å². The number of rotatable bonds is 5. The number of carbonyl (C=O) groups is 2. The van der Waals surface area contributed by atoms with Crippen LogP contribution in [0.3, 0.4) is 0 Å². The fourth-order valence-corrected chi connectivity index (χ4v) is 1.83. The molecule has 0 radical (unpaired) electrons. The number of carboxylic acids is 1. The maximum Gasteiger partial charge on any atom is 0.320 e. The molecule has 1 unspecified atom stereocenters. The summed E-state index contributed by atoms with van der Waals surface area (Å²) in [5.74, 6) is -1.00. The van der Waals surface area contributed by atoms with Gasteiger partial charge in [-0.25, -0.2) is 0 Å². The molecule has 1 atom stereocenters. The predicted octanol–water partition coefficient (Wildman–Crippen LogP) is 0.395. The van der Waals surface area contributed by atoms with Crippen molar-refractivity contribution in [3.05, 3.63) is 23.8 Å². The zero-order chi connectivity index (χ0) is 13.1. The van der Waals surface area contributed by atoms with Crippen LogP contribution in [0.15, 0.2) is 18.2 Å². The normalized spacial score (nSPS) is 14.8. The SMILES string of the molecule is NC(CCNc1ccc2c(c1)CC(=O)N2)C(=O)O. The summed E-state index contributed by atoms with van der Waals surface area (Å²) < 4.78 is 0. The van der Waals surface area contributed by atoms with Gasteiger partial charge in [0.15, 0.2) is 0 Å². The van der Waals surface area contributed by atoms with Crippen LogP contribution in [-0.4, -0.2) is 29.6 Å². The summed E-state index contributed by atoms with van der Waals surface area (Å²) in [6, 6.07) is 4.71. The molecular formula is C12H15N3O3. The van der Waals surface area contributed by atoms with Gasteiger partial charge in [0.05, 0.1) is 6.42 Å². The van der Waals surface area contributed by atoms with Crippen LogP contribution in [0.2, 0.25) is 0 Å². The van der Waals surface area contributed by atoms with Gasteiger partial charge in [0.2, 0.25) is 5.91 Å². The van der Waals surface area contributed by atoms with E-state index in [1.807, 2.05) is 18.2 Å². The zero-order valence-electron chi connectivity index (χ0n) is 9.77. The Hall–Kier alpha value is -2.08. The lowest BCUT2D eigenvalue weighted by Gasteiger charge is -2.10. The van der Waals surface area contributed by atoms with Gasteiger partial charge in [-0.05, 0) is 30.2 Å². The number of carboxylic acid groups (broad SMARTS) is 1. The number of benzene rings is 1. The van der Waals surface area contributed by atoms with Gasteiger partial charge in [0.1, 0.15) is 6.04 Å². The fourth-order valence-electron chi connectivity index (χ4n) is 1.83. The van der Waals surface area contributed by atoms with E-state index in [4.69, 9.17) is 10.8 Å². The summed E-state index contributed by atoms with van der Waals surface area (Å²) in [6.45, 7) is 0.480. The second-order valence-corrected chi connectivity index (χ2v) is 4.26. The summed E-state index contributed by atoms with van der Waals surface area (Å²) in [5, 5.41) is 14.5. The number of anilines is 2.